The number of carbonyl (C=O) groups excluding carboxylic acids is 1. The molecule has 1 aliphatic heterocycles. The summed E-state index contributed by atoms with van der Waals surface area (Å²) in [5.74, 6) is 0.269. The molecule has 3 unspecified atom stereocenters. The lowest BCUT2D eigenvalue weighted by Gasteiger charge is -2.23. The van der Waals surface area contributed by atoms with Crippen molar-refractivity contribution in [3.63, 3.8) is 0 Å². The Labute approximate surface area is 131 Å². The van der Waals surface area contributed by atoms with Gasteiger partial charge in [-0.1, -0.05) is 30.7 Å². The van der Waals surface area contributed by atoms with E-state index in [1.165, 1.54) is 0 Å². The average Bonchev–Trinajstić information content (AvgIpc) is 2.86. The van der Waals surface area contributed by atoms with Crippen molar-refractivity contribution in [3.05, 3.63) is 34.9 Å². The standard InChI is InChI=1S/C16H23ClN2O2/c1-3-13-9-19(10-15(13)20)11(2)16(21)18-8-12-4-6-14(17)7-5-12/h4-7,11,13,15,20H,3,8-10H2,1-2H3,(H,18,21). The number of aliphatic hydroxyl groups excluding tert-OH is 1. The Hall–Kier alpha value is -1.10. The first-order chi connectivity index (χ1) is 10.0. The number of nitrogens with one attached hydrogen (secondary N) is 1. The molecule has 0 radical (unpaired) electrons. The van der Waals surface area contributed by atoms with Crippen LogP contribution >= 0.6 is 11.6 Å². The van der Waals surface area contributed by atoms with Gasteiger partial charge in [-0.2, -0.15) is 0 Å². The molecule has 4 nitrogen and oxygen atoms in total. The van der Waals surface area contributed by atoms with Gasteiger partial charge in [0.2, 0.25) is 5.91 Å². The van der Waals surface area contributed by atoms with Gasteiger partial charge in [0.15, 0.2) is 0 Å². The lowest BCUT2D eigenvalue weighted by molar-refractivity contribution is -0.125. The normalized spacial score (nSPS) is 24.0. The highest BCUT2D eigenvalue weighted by Gasteiger charge is 2.34. The first-order valence-corrected chi connectivity index (χ1v) is 7.83. The second kappa shape index (κ2) is 7.25. The van der Waals surface area contributed by atoms with Crippen LogP contribution in [0.2, 0.25) is 5.02 Å². The maximum absolute atomic E-state index is 12.2. The van der Waals surface area contributed by atoms with Crippen molar-refractivity contribution in [2.45, 2.75) is 39.0 Å². The number of nitrogens with zero attached hydrogens (tertiary/aromatic N) is 1. The summed E-state index contributed by atoms with van der Waals surface area (Å²) in [6.45, 7) is 5.82. The Morgan fingerprint density at radius 3 is 2.67 bits per heavy atom. The number of β-amino-alcohol motifs (C(OH)–C–C–N with tert-alkyl or cyclic N) is 1. The molecular formula is C16H23ClN2O2. The molecule has 116 valence electrons. The zero-order valence-corrected chi connectivity index (χ0v) is 13.3. The molecule has 2 N–H and O–H groups in total. The zero-order valence-electron chi connectivity index (χ0n) is 12.6. The lowest BCUT2D eigenvalue weighted by Crippen LogP contribution is -2.44. The number of hydrogen-bond donors (Lipinski definition) is 2. The summed E-state index contributed by atoms with van der Waals surface area (Å²) in [6, 6.07) is 7.22. The third kappa shape index (κ3) is 4.19. The summed E-state index contributed by atoms with van der Waals surface area (Å²) >= 11 is 5.83. The summed E-state index contributed by atoms with van der Waals surface area (Å²) < 4.78 is 0. The number of benzene rings is 1. The Morgan fingerprint density at radius 2 is 2.10 bits per heavy atom. The minimum atomic E-state index is -0.318. The predicted octanol–water partition coefficient (Wildman–Crippen LogP) is 2.05. The quantitative estimate of drug-likeness (QED) is 0.875. The van der Waals surface area contributed by atoms with Crippen molar-refractivity contribution in [2.75, 3.05) is 13.1 Å². The summed E-state index contributed by atoms with van der Waals surface area (Å²) in [7, 11) is 0. The van der Waals surface area contributed by atoms with E-state index in [9.17, 15) is 9.90 Å². The molecule has 0 saturated carbocycles. The fourth-order valence-corrected chi connectivity index (χ4v) is 2.84. The van der Waals surface area contributed by atoms with Gasteiger partial charge in [-0.05, 0) is 37.0 Å². The maximum Gasteiger partial charge on any atom is 0.237 e. The van der Waals surface area contributed by atoms with Crippen LogP contribution in [0, 0.1) is 5.92 Å². The van der Waals surface area contributed by atoms with Crippen molar-refractivity contribution >= 4 is 17.5 Å². The zero-order chi connectivity index (χ0) is 15.4. The summed E-state index contributed by atoms with van der Waals surface area (Å²) in [6.07, 6.45) is 0.623. The molecule has 3 atom stereocenters. The van der Waals surface area contributed by atoms with E-state index in [4.69, 9.17) is 11.6 Å². The van der Waals surface area contributed by atoms with Gasteiger partial charge in [-0.15, -0.1) is 0 Å². The molecule has 1 aliphatic rings. The molecule has 2 rings (SSSR count). The topological polar surface area (TPSA) is 52.6 Å². The van der Waals surface area contributed by atoms with Gasteiger partial charge in [0, 0.05) is 24.7 Å². The van der Waals surface area contributed by atoms with Crippen LogP contribution in [-0.4, -0.2) is 41.1 Å². The van der Waals surface area contributed by atoms with Gasteiger partial charge < -0.3 is 10.4 Å². The van der Waals surface area contributed by atoms with E-state index in [-0.39, 0.29) is 24.0 Å². The van der Waals surface area contributed by atoms with Gasteiger partial charge in [-0.3, -0.25) is 9.69 Å². The highest BCUT2D eigenvalue weighted by atomic mass is 35.5. The van der Waals surface area contributed by atoms with Crippen molar-refractivity contribution < 1.29 is 9.90 Å². The second-order valence-corrected chi connectivity index (χ2v) is 6.15. The molecule has 0 aromatic heterocycles. The first-order valence-electron chi connectivity index (χ1n) is 7.45. The molecule has 1 aromatic rings. The molecule has 1 aromatic carbocycles. The summed E-state index contributed by atoms with van der Waals surface area (Å²) in [5.41, 5.74) is 1.02. The van der Waals surface area contributed by atoms with Gasteiger partial charge in [0.25, 0.3) is 0 Å². The number of halogens is 1. The number of carbonyl (C=O) groups is 1. The van der Waals surface area contributed by atoms with E-state index in [0.29, 0.717) is 18.1 Å². The molecule has 21 heavy (non-hydrogen) atoms. The van der Waals surface area contributed by atoms with E-state index in [2.05, 4.69) is 17.1 Å². The van der Waals surface area contributed by atoms with Crippen LogP contribution < -0.4 is 5.32 Å². The lowest BCUT2D eigenvalue weighted by atomic mass is 10.0. The average molecular weight is 311 g/mol. The second-order valence-electron chi connectivity index (χ2n) is 5.71. The Kier molecular flexibility index (Phi) is 5.62. The van der Waals surface area contributed by atoms with E-state index < -0.39 is 0 Å². The van der Waals surface area contributed by atoms with Crippen molar-refractivity contribution in [2.24, 2.45) is 5.92 Å². The SMILES string of the molecule is CCC1CN(C(C)C(=O)NCc2ccc(Cl)cc2)CC1O. The third-order valence-corrected chi connectivity index (χ3v) is 4.52. The van der Waals surface area contributed by atoms with Crippen LogP contribution in [0.3, 0.4) is 0 Å². The van der Waals surface area contributed by atoms with Gasteiger partial charge in [0.05, 0.1) is 12.1 Å². The van der Waals surface area contributed by atoms with Crippen LogP contribution in [0.15, 0.2) is 24.3 Å². The molecule has 1 fully saturated rings. The molecule has 0 aliphatic carbocycles. The molecule has 1 amide bonds. The number of likely N-dealkylation sites (tertiary alicyclic amines) is 1. The van der Waals surface area contributed by atoms with Crippen LogP contribution in [0.25, 0.3) is 0 Å². The Bertz CT molecular complexity index is 478. The van der Waals surface area contributed by atoms with Crippen molar-refractivity contribution in [1.82, 2.24) is 10.2 Å². The minimum absolute atomic E-state index is 0.00565. The number of amides is 1. The van der Waals surface area contributed by atoms with E-state index in [1.54, 1.807) is 0 Å². The van der Waals surface area contributed by atoms with Crippen LogP contribution in [0.5, 0.6) is 0 Å². The minimum Gasteiger partial charge on any atom is -0.391 e. The molecule has 1 saturated heterocycles. The fourth-order valence-electron chi connectivity index (χ4n) is 2.71. The Balaban J connectivity index is 1.84. The monoisotopic (exact) mass is 310 g/mol. The summed E-state index contributed by atoms with van der Waals surface area (Å²) in [5, 5.41) is 13.6. The van der Waals surface area contributed by atoms with E-state index >= 15 is 0 Å². The first kappa shape index (κ1) is 16.3. The van der Waals surface area contributed by atoms with E-state index in [0.717, 1.165) is 18.5 Å². The molecule has 0 bridgehead atoms. The molecular weight excluding hydrogens is 288 g/mol. The smallest absolute Gasteiger partial charge is 0.237 e. The highest BCUT2D eigenvalue weighted by Crippen LogP contribution is 2.21. The van der Waals surface area contributed by atoms with Crippen LogP contribution in [0.1, 0.15) is 25.8 Å². The van der Waals surface area contributed by atoms with Crippen molar-refractivity contribution in [1.29, 1.82) is 0 Å². The van der Waals surface area contributed by atoms with Crippen molar-refractivity contribution in [3.8, 4) is 0 Å². The molecule has 5 heteroatoms. The molecule has 0 spiro atoms. The number of aliphatic hydroxyl groups is 1. The number of rotatable bonds is 5. The van der Waals surface area contributed by atoms with Gasteiger partial charge in [-0.25, -0.2) is 0 Å². The van der Waals surface area contributed by atoms with Gasteiger partial charge >= 0.3 is 0 Å². The summed E-state index contributed by atoms with van der Waals surface area (Å²) in [4.78, 5) is 14.3. The third-order valence-electron chi connectivity index (χ3n) is 4.27. The van der Waals surface area contributed by atoms with Crippen LogP contribution in [0.4, 0.5) is 0 Å². The number of hydrogen-bond acceptors (Lipinski definition) is 3. The maximum atomic E-state index is 12.2. The Morgan fingerprint density at radius 1 is 1.43 bits per heavy atom. The predicted molar refractivity (Wildman–Crippen MR) is 84.1 cm³/mol. The van der Waals surface area contributed by atoms with E-state index in [1.807, 2.05) is 31.2 Å². The molecule has 1 heterocycles. The van der Waals surface area contributed by atoms with Crippen LogP contribution in [-0.2, 0) is 11.3 Å². The van der Waals surface area contributed by atoms with Gasteiger partial charge in [0.1, 0.15) is 0 Å². The fraction of sp³-hybridized carbons (Fsp3) is 0.562. The largest absolute Gasteiger partial charge is 0.391 e. The highest BCUT2D eigenvalue weighted by molar-refractivity contribution is 6.30.